The number of rotatable bonds is 4. The fourth-order valence-electron chi connectivity index (χ4n) is 2.85. The first-order valence-electron chi connectivity index (χ1n) is 7.76. The van der Waals surface area contributed by atoms with E-state index in [1.54, 1.807) is 12.1 Å². The molecular formula is C17H18ClN3O2. The third kappa shape index (κ3) is 3.79. The molecule has 0 radical (unpaired) electrons. The van der Waals surface area contributed by atoms with Crippen molar-refractivity contribution in [2.24, 2.45) is 0 Å². The zero-order valence-corrected chi connectivity index (χ0v) is 13.4. The molecule has 23 heavy (non-hydrogen) atoms. The average Bonchev–Trinajstić information content (AvgIpc) is 3.03. The van der Waals surface area contributed by atoms with E-state index in [1.807, 2.05) is 18.2 Å². The van der Waals surface area contributed by atoms with Crippen LogP contribution in [0.4, 0.5) is 0 Å². The lowest BCUT2D eigenvalue weighted by atomic mass is 10.1. The first kappa shape index (κ1) is 15.7. The van der Waals surface area contributed by atoms with E-state index >= 15 is 0 Å². The monoisotopic (exact) mass is 331 g/mol. The van der Waals surface area contributed by atoms with Crippen molar-refractivity contribution >= 4 is 17.5 Å². The van der Waals surface area contributed by atoms with Crippen LogP contribution in [0.25, 0.3) is 11.3 Å². The van der Waals surface area contributed by atoms with Gasteiger partial charge in [0.25, 0.3) is 5.56 Å². The molecule has 0 aliphatic heterocycles. The number of hydrogen-bond donors (Lipinski definition) is 1. The van der Waals surface area contributed by atoms with Gasteiger partial charge in [0.1, 0.15) is 6.54 Å². The maximum Gasteiger partial charge on any atom is 0.267 e. The highest BCUT2D eigenvalue weighted by molar-refractivity contribution is 6.33. The number of carbonyl (C=O) groups is 1. The average molecular weight is 332 g/mol. The minimum atomic E-state index is -0.303. The number of aromatic nitrogens is 2. The molecule has 1 amide bonds. The molecule has 1 aliphatic carbocycles. The quantitative estimate of drug-likeness (QED) is 0.936. The van der Waals surface area contributed by atoms with Gasteiger partial charge in [-0.3, -0.25) is 9.59 Å². The standard InChI is InChI=1S/C17H18ClN3O2/c18-14-8-4-3-7-13(14)15-9-10-17(23)21(20-15)11-16(22)19-12-5-1-2-6-12/h3-4,7-10,12H,1-2,5-6,11H2,(H,19,22). The van der Waals surface area contributed by atoms with Gasteiger partial charge < -0.3 is 5.32 Å². The summed E-state index contributed by atoms with van der Waals surface area (Å²) >= 11 is 6.16. The number of halogens is 1. The zero-order chi connectivity index (χ0) is 16.2. The van der Waals surface area contributed by atoms with Crippen molar-refractivity contribution in [2.75, 3.05) is 0 Å². The van der Waals surface area contributed by atoms with Crippen molar-refractivity contribution in [1.82, 2.24) is 15.1 Å². The van der Waals surface area contributed by atoms with Crippen LogP contribution in [0.2, 0.25) is 5.02 Å². The van der Waals surface area contributed by atoms with Crippen LogP contribution < -0.4 is 10.9 Å². The van der Waals surface area contributed by atoms with Gasteiger partial charge in [-0.25, -0.2) is 4.68 Å². The van der Waals surface area contributed by atoms with Crippen LogP contribution in [0, 0.1) is 0 Å². The number of hydrogen-bond acceptors (Lipinski definition) is 3. The van der Waals surface area contributed by atoms with Gasteiger partial charge in [0.05, 0.1) is 10.7 Å². The zero-order valence-electron chi connectivity index (χ0n) is 12.7. The van der Waals surface area contributed by atoms with Gasteiger partial charge in [0.15, 0.2) is 0 Å². The Morgan fingerprint density at radius 2 is 1.96 bits per heavy atom. The lowest BCUT2D eigenvalue weighted by molar-refractivity contribution is -0.122. The molecular weight excluding hydrogens is 314 g/mol. The molecule has 6 heteroatoms. The first-order valence-corrected chi connectivity index (χ1v) is 8.14. The molecule has 1 N–H and O–H groups in total. The number of nitrogens with one attached hydrogen (secondary N) is 1. The highest BCUT2D eigenvalue weighted by Gasteiger charge is 2.18. The minimum absolute atomic E-state index is 0.0758. The van der Waals surface area contributed by atoms with Gasteiger partial charge >= 0.3 is 0 Å². The van der Waals surface area contributed by atoms with Gasteiger partial charge in [0, 0.05) is 17.7 Å². The van der Waals surface area contributed by atoms with Crippen LogP contribution in [-0.2, 0) is 11.3 Å². The second-order valence-corrected chi connectivity index (χ2v) is 6.15. The highest BCUT2D eigenvalue weighted by Crippen LogP contribution is 2.24. The first-order chi connectivity index (χ1) is 11.1. The third-order valence-corrected chi connectivity index (χ3v) is 4.36. The summed E-state index contributed by atoms with van der Waals surface area (Å²) in [5.41, 5.74) is 1.00. The highest BCUT2D eigenvalue weighted by atomic mass is 35.5. The summed E-state index contributed by atoms with van der Waals surface area (Å²) in [6.45, 7) is -0.0758. The fourth-order valence-corrected chi connectivity index (χ4v) is 3.09. The third-order valence-electron chi connectivity index (χ3n) is 4.03. The predicted molar refractivity (Wildman–Crippen MR) is 89.3 cm³/mol. The maximum atomic E-state index is 12.1. The lowest BCUT2D eigenvalue weighted by Gasteiger charge is -2.13. The summed E-state index contributed by atoms with van der Waals surface area (Å²) in [5.74, 6) is -0.178. The van der Waals surface area contributed by atoms with Gasteiger partial charge in [-0.05, 0) is 25.0 Å². The van der Waals surface area contributed by atoms with Crippen molar-refractivity contribution in [3.05, 3.63) is 51.8 Å². The molecule has 1 aromatic carbocycles. The summed E-state index contributed by atoms with van der Waals surface area (Å²) in [7, 11) is 0. The number of nitrogens with zero attached hydrogens (tertiary/aromatic N) is 2. The van der Waals surface area contributed by atoms with Crippen molar-refractivity contribution in [3.63, 3.8) is 0 Å². The van der Waals surface area contributed by atoms with Gasteiger partial charge in [0.2, 0.25) is 5.91 Å². The lowest BCUT2D eigenvalue weighted by Crippen LogP contribution is -2.38. The SMILES string of the molecule is O=C(Cn1nc(-c2ccccc2Cl)ccc1=O)NC1CCCC1. The number of amides is 1. The van der Waals surface area contributed by atoms with E-state index in [2.05, 4.69) is 10.4 Å². The summed E-state index contributed by atoms with van der Waals surface area (Å²) in [4.78, 5) is 24.0. The molecule has 0 saturated heterocycles. The second-order valence-electron chi connectivity index (χ2n) is 5.74. The molecule has 0 bridgehead atoms. The number of carbonyl (C=O) groups excluding carboxylic acids is 1. The summed E-state index contributed by atoms with van der Waals surface area (Å²) < 4.78 is 1.18. The Morgan fingerprint density at radius 1 is 1.22 bits per heavy atom. The minimum Gasteiger partial charge on any atom is -0.352 e. The normalized spacial score (nSPS) is 14.8. The Morgan fingerprint density at radius 3 is 2.70 bits per heavy atom. The smallest absolute Gasteiger partial charge is 0.267 e. The molecule has 5 nitrogen and oxygen atoms in total. The molecule has 0 spiro atoms. The van der Waals surface area contributed by atoms with E-state index in [0.29, 0.717) is 10.7 Å². The molecule has 2 aromatic rings. The summed E-state index contributed by atoms with van der Waals surface area (Å²) in [6, 6.07) is 10.5. The van der Waals surface area contributed by atoms with E-state index < -0.39 is 0 Å². The van der Waals surface area contributed by atoms with Crippen LogP contribution in [0.5, 0.6) is 0 Å². The van der Waals surface area contributed by atoms with Crippen LogP contribution >= 0.6 is 11.6 Å². The Balaban J connectivity index is 1.79. The van der Waals surface area contributed by atoms with E-state index in [1.165, 1.54) is 10.7 Å². The molecule has 0 unspecified atom stereocenters. The van der Waals surface area contributed by atoms with E-state index in [-0.39, 0.29) is 24.1 Å². The van der Waals surface area contributed by atoms with Gasteiger partial charge in [-0.15, -0.1) is 0 Å². The fraction of sp³-hybridized carbons (Fsp3) is 0.353. The van der Waals surface area contributed by atoms with Crippen LogP contribution in [0.1, 0.15) is 25.7 Å². The molecule has 120 valence electrons. The van der Waals surface area contributed by atoms with E-state index in [9.17, 15) is 9.59 Å². The van der Waals surface area contributed by atoms with Crippen LogP contribution in [-0.4, -0.2) is 21.7 Å². The molecule has 1 fully saturated rings. The summed E-state index contributed by atoms with van der Waals surface area (Å²) in [5, 5.41) is 7.79. The molecule has 0 atom stereocenters. The van der Waals surface area contributed by atoms with Crippen LogP contribution in [0.15, 0.2) is 41.2 Å². The molecule has 1 heterocycles. The molecule has 1 aromatic heterocycles. The Hall–Kier alpha value is -2.14. The molecule has 3 rings (SSSR count). The van der Waals surface area contributed by atoms with Gasteiger partial charge in [-0.2, -0.15) is 5.10 Å². The van der Waals surface area contributed by atoms with E-state index in [4.69, 9.17) is 11.6 Å². The maximum absolute atomic E-state index is 12.1. The predicted octanol–water partition coefficient (Wildman–Crippen LogP) is 2.62. The number of benzene rings is 1. The van der Waals surface area contributed by atoms with Crippen molar-refractivity contribution in [1.29, 1.82) is 0 Å². The van der Waals surface area contributed by atoms with Crippen molar-refractivity contribution < 1.29 is 4.79 Å². The van der Waals surface area contributed by atoms with Crippen molar-refractivity contribution in [3.8, 4) is 11.3 Å². The Kier molecular flexibility index (Phi) is 4.76. The van der Waals surface area contributed by atoms with Crippen molar-refractivity contribution in [2.45, 2.75) is 38.3 Å². The van der Waals surface area contributed by atoms with Gasteiger partial charge in [-0.1, -0.05) is 42.6 Å². The molecule has 1 saturated carbocycles. The topological polar surface area (TPSA) is 64.0 Å². The molecule has 1 aliphatic rings. The van der Waals surface area contributed by atoms with E-state index in [0.717, 1.165) is 31.2 Å². The second kappa shape index (κ2) is 6.96. The Bertz CT molecular complexity index is 766. The van der Waals surface area contributed by atoms with Crippen LogP contribution in [0.3, 0.4) is 0 Å². The largest absolute Gasteiger partial charge is 0.352 e. The Labute approximate surface area is 139 Å². The summed E-state index contributed by atoms with van der Waals surface area (Å²) in [6.07, 6.45) is 4.30.